The topological polar surface area (TPSA) is 41.8 Å². The normalized spacial score (nSPS) is 28.3. The van der Waals surface area contributed by atoms with E-state index in [0.29, 0.717) is 18.5 Å². The molecule has 0 saturated carbocycles. The fourth-order valence-corrected chi connectivity index (χ4v) is 0.851. The Bertz CT molecular complexity index is 247. The highest BCUT2D eigenvalue weighted by molar-refractivity contribution is 6.42. The van der Waals surface area contributed by atoms with Gasteiger partial charge in [0.2, 0.25) is 5.00 Å². The van der Waals surface area contributed by atoms with Crippen LogP contribution in [0.5, 0.6) is 0 Å². The molecule has 11 heavy (non-hydrogen) atoms. The third-order valence-electron chi connectivity index (χ3n) is 1.19. The second kappa shape index (κ2) is 2.96. The highest BCUT2D eigenvalue weighted by Gasteiger charge is 2.27. The van der Waals surface area contributed by atoms with Crippen molar-refractivity contribution in [2.45, 2.75) is 11.4 Å². The summed E-state index contributed by atoms with van der Waals surface area (Å²) in [6.45, 7) is 3.51. The van der Waals surface area contributed by atoms with Gasteiger partial charge in [-0.05, 0) is 0 Å². The van der Waals surface area contributed by atoms with Gasteiger partial charge in [-0.25, -0.2) is 9.98 Å². The predicted molar refractivity (Wildman–Crippen MR) is 45.4 cm³/mol. The van der Waals surface area contributed by atoms with Gasteiger partial charge in [-0.1, -0.05) is 17.7 Å². The lowest BCUT2D eigenvalue weighted by atomic mass is 10.4. The van der Waals surface area contributed by atoms with Crippen LogP contribution in [0.25, 0.3) is 0 Å². The van der Waals surface area contributed by atoms with Crippen LogP contribution in [-0.2, 0) is 4.79 Å². The SMILES string of the molecule is C=CCC1=NC(Cl)(C=O)C=N1. The molecule has 58 valence electrons. The molecule has 0 aliphatic carbocycles. The molecular formula is C7H7ClN2O. The maximum atomic E-state index is 10.3. The molecule has 1 aliphatic rings. The van der Waals surface area contributed by atoms with Gasteiger partial charge in [0, 0.05) is 6.42 Å². The van der Waals surface area contributed by atoms with Crippen LogP contribution in [0.2, 0.25) is 0 Å². The van der Waals surface area contributed by atoms with Crippen molar-refractivity contribution in [1.82, 2.24) is 0 Å². The maximum Gasteiger partial charge on any atom is 0.225 e. The largest absolute Gasteiger partial charge is 0.299 e. The minimum atomic E-state index is -1.25. The molecule has 0 fully saturated rings. The molecule has 1 heterocycles. The number of rotatable bonds is 3. The molecule has 0 radical (unpaired) electrons. The zero-order valence-corrected chi connectivity index (χ0v) is 6.58. The van der Waals surface area contributed by atoms with E-state index in [-0.39, 0.29) is 0 Å². The number of hydrogen-bond donors (Lipinski definition) is 0. The molecular weight excluding hydrogens is 164 g/mol. The van der Waals surface area contributed by atoms with Gasteiger partial charge in [-0.2, -0.15) is 0 Å². The van der Waals surface area contributed by atoms with Crippen molar-refractivity contribution < 1.29 is 4.79 Å². The minimum Gasteiger partial charge on any atom is -0.299 e. The molecule has 0 amide bonds. The van der Waals surface area contributed by atoms with E-state index in [4.69, 9.17) is 11.6 Å². The molecule has 1 unspecified atom stereocenters. The molecule has 0 aromatic heterocycles. The van der Waals surface area contributed by atoms with Gasteiger partial charge in [0.15, 0.2) is 6.29 Å². The summed E-state index contributed by atoms with van der Waals surface area (Å²) in [6.07, 6.45) is 4.07. The van der Waals surface area contributed by atoms with Crippen molar-refractivity contribution in [2.75, 3.05) is 0 Å². The lowest BCUT2D eigenvalue weighted by Gasteiger charge is -2.01. The molecule has 3 nitrogen and oxygen atoms in total. The third kappa shape index (κ3) is 1.74. The zero-order valence-electron chi connectivity index (χ0n) is 5.83. The van der Waals surface area contributed by atoms with Crippen molar-refractivity contribution in [1.29, 1.82) is 0 Å². The zero-order chi connectivity index (χ0) is 8.32. The number of halogens is 1. The van der Waals surface area contributed by atoms with Crippen molar-refractivity contribution in [3.05, 3.63) is 12.7 Å². The summed E-state index contributed by atoms with van der Waals surface area (Å²) in [5.74, 6) is 0.544. The summed E-state index contributed by atoms with van der Waals surface area (Å²) >= 11 is 5.65. The minimum absolute atomic E-state index is 0.540. The average molecular weight is 171 g/mol. The first kappa shape index (κ1) is 8.14. The van der Waals surface area contributed by atoms with Gasteiger partial charge in [0.25, 0.3) is 0 Å². The number of hydrogen-bond acceptors (Lipinski definition) is 3. The third-order valence-corrected chi connectivity index (χ3v) is 1.46. The van der Waals surface area contributed by atoms with Crippen LogP contribution in [0, 0.1) is 0 Å². The predicted octanol–water partition coefficient (Wildman–Crippen LogP) is 1.18. The van der Waals surface area contributed by atoms with Crippen LogP contribution in [-0.4, -0.2) is 23.3 Å². The van der Waals surface area contributed by atoms with Crippen molar-refractivity contribution in [3.8, 4) is 0 Å². The van der Waals surface area contributed by atoms with Gasteiger partial charge < -0.3 is 0 Å². The molecule has 1 aliphatic heterocycles. The molecule has 0 spiro atoms. The fraction of sp³-hybridized carbons (Fsp3) is 0.286. The summed E-state index contributed by atoms with van der Waals surface area (Å²) in [6, 6.07) is 0. The Morgan fingerprint density at radius 1 is 1.82 bits per heavy atom. The summed E-state index contributed by atoms with van der Waals surface area (Å²) in [5.41, 5.74) is 0. The number of aldehydes is 1. The Kier molecular flexibility index (Phi) is 2.19. The van der Waals surface area contributed by atoms with Crippen LogP contribution in [0.4, 0.5) is 0 Å². The lowest BCUT2D eigenvalue weighted by Crippen LogP contribution is -2.19. The van der Waals surface area contributed by atoms with Crippen LogP contribution >= 0.6 is 11.6 Å². The Balaban J connectivity index is 2.76. The monoisotopic (exact) mass is 170 g/mol. The van der Waals surface area contributed by atoms with E-state index in [9.17, 15) is 4.79 Å². The number of carbonyl (C=O) groups excluding carboxylic acids is 1. The number of amidine groups is 1. The fourth-order valence-electron chi connectivity index (χ4n) is 0.705. The van der Waals surface area contributed by atoms with Gasteiger partial charge in [0.1, 0.15) is 5.84 Å². The summed E-state index contributed by atoms with van der Waals surface area (Å²) in [5, 5.41) is 0. The van der Waals surface area contributed by atoms with E-state index in [2.05, 4.69) is 16.6 Å². The number of alkyl halides is 1. The van der Waals surface area contributed by atoms with E-state index in [1.54, 1.807) is 6.08 Å². The number of carbonyl (C=O) groups is 1. The average Bonchev–Trinajstić information content (AvgIpc) is 2.35. The first-order valence-electron chi connectivity index (χ1n) is 3.10. The van der Waals surface area contributed by atoms with Crippen LogP contribution < -0.4 is 0 Å². The standard InChI is InChI=1S/C7H7ClN2O/c1-2-3-6-9-4-7(8,5-11)10-6/h2,4-5H,1,3H2. The maximum absolute atomic E-state index is 10.3. The number of nitrogens with zero attached hydrogens (tertiary/aromatic N) is 2. The molecule has 4 heteroatoms. The van der Waals surface area contributed by atoms with E-state index in [1.807, 2.05) is 0 Å². The Labute approximate surface area is 69.5 Å². The van der Waals surface area contributed by atoms with E-state index >= 15 is 0 Å². The van der Waals surface area contributed by atoms with E-state index in [1.165, 1.54) is 6.21 Å². The van der Waals surface area contributed by atoms with Gasteiger partial charge in [-0.15, -0.1) is 6.58 Å². The highest BCUT2D eigenvalue weighted by atomic mass is 35.5. The summed E-state index contributed by atoms with van der Waals surface area (Å²) < 4.78 is 0. The first-order chi connectivity index (χ1) is 5.20. The van der Waals surface area contributed by atoms with E-state index in [0.717, 1.165) is 0 Å². The molecule has 0 aromatic rings. The van der Waals surface area contributed by atoms with Crippen LogP contribution in [0.3, 0.4) is 0 Å². The van der Waals surface area contributed by atoms with Crippen molar-refractivity contribution >= 4 is 29.9 Å². The second-order valence-corrected chi connectivity index (χ2v) is 2.73. The second-order valence-electron chi connectivity index (χ2n) is 2.12. The highest BCUT2D eigenvalue weighted by Crippen LogP contribution is 2.17. The molecule has 0 saturated heterocycles. The van der Waals surface area contributed by atoms with Gasteiger partial charge in [0.05, 0.1) is 6.21 Å². The molecule has 1 atom stereocenters. The Morgan fingerprint density at radius 2 is 2.55 bits per heavy atom. The molecule has 0 bridgehead atoms. The molecule has 1 rings (SSSR count). The van der Waals surface area contributed by atoms with Gasteiger partial charge in [-0.3, -0.25) is 4.79 Å². The van der Waals surface area contributed by atoms with Crippen molar-refractivity contribution in [2.24, 2.45) is 9.98 Å². The van der Waals surface area contributed by atoms with Crippen molar-refractivity contribution in [3.63, 3.8) is 0 Å². The van der Waals surface area contributed by atoms with Crippen LogP contribution in [0.1, 0.15) is 6.42 Å². The summed E-state index contributed by atoms with van der Waals surface area (Å²) in [7, 11) is 0. The lowest BCUT2D eigenvalue weighted by molar-refractivity contribution is -0.108. The van der Waals surface area contributed by atoms with Gasteiger partial charge >= 0.3 is 0 Å². The smallest absolute Gasteiger partial charge is 0.225 e. The summed E-state index contributed by atoms with van der Waals surface area (Å²) in [4.78, 5) is 16.8. The van der Waals surface area contributed by atoms with Crippen LogP contribution in [0.15, 0.2) is 22.6 Å². The molecule has 0 aromatic carbocycles. The Morgan fingerprint density at radius 3 is 3.00 bits per heavy atom. The van der Waals surface area contributed by atoms with E-state index < -0.39 is 5.00 Å². The number of aliphatic imine (C=N–C) groups is 2. The quantitative estimate of drug-likeness (QED) is 0.271. The molecule has 0 N–H and O–H groups in total. The Hall–Kier alpha value is -0.960. The first-order valence-corrected chi connectivity index (χ1v) is 3.48.